The number of piperidine rings is 1. The van der Waals surface area contributed by atoms with Crippen molar-refractivity contribution in [1.82, 2.24) is 9.88 Å². The van der Waals surface area contributed by atoms with Crippen LogP contribution in [0.3, 0.4) is 0 Å². The van der Waals surface area contributed by atoms with Crippen LogP contribution in [0.4, 0.5) is 5.69 Å². The summed E-state index contributed by atoms with van der Waals surface area (Å²) < 4.78 is 6.26. The maximum absolute atomic E-state index is 13.0. The normalized spacial score (nSPS) is 23.1. The average Bonchev–Trinajstić information content (AvgIpc) is 3.00. The number of hydrogen-bond acceptors (Lipinski definition) is 5. The van der Waals surface area contributed by atoms with E-state index in [1.807, 2.05) is 46.0 Å². The van der Waals surface area contributed by atoms with Crippen molar-refractivity contribution in [3.05, 3.63) is 59.4 Å². The van der Waals surface area contributed by atoms with E-state index in [1.54, 1.807) is 6.20 Å². The number of esters is 1. The number of benzene rings is 1. The number of carbonyl (C=O) groups excluding carboxylic acids is 1. The van der Waals surface area contributed by atoms with Crippen LogP contribution in [0.1, 0.15) is 56.7 Å². The molecule has 166 valence electrons. The van der Waals surface area contributed by atoms with Gasteiger partial charge in [0, 0.05) is 42.1 Å². The van der Waals surface area contributed by atoms with Gasteiger partial charge in [0.25, 0.3) is 0 Å². The zero-order chi connectivity index (χ0) is 22.4. The highest BCUT2D eigenvalue weighted by molar-refractivity contribution is 5.76. The molecular weight excluding hydrogens is 386 g/mol. The van der Waals surface area contributed by atoms with Crippen molar-refractivity contribution in [2.75, 3.05) is 31.6 Å². The lowest BCUT2D eigenvalue weighted by Crippen LogP contribution is -2.50. The second kappa shape index (κ2) is 7.94. The fraction of sp³-hybridized carbons (Fsp3) is 0.538. The molecule has 0 radical (unpaired) electrons. The Morgan fingerprint density at radius 1 is 1.23 bits per heavy atom. The molecule has 0 N–H and O–H groups in total. The summed E-state index contributed by atoms with van der Waals surface area (Å²) in [7, 11) is 2.21. The molecule has 1 saturated heterocycles. The summed E-state index contributed by atoms with van der Waals surface area (Å²) in [4.78, 5) is 22.2. The van der Waals surface area contributed by atoms with Gasteiger partial charge in [-0.3, -0.25) is 9.78 Å². The molecule has 5 heteroatoms. The molecule has 0 amide bonds. The molecule has 4 rings (SSSR count). The van der Waals surface area contributed by atoms with Crippen LogP contribution in [0.25, 0.3) is 0 Å². The lowest BCUT2D eigenvalue weighted by atomic mass is 9.88. The SMILES string of the molecule is Cc1ccc2c(c1)C1CN(C)CCC1N2CC(C)(OC(=O)C(C)(C)C)c1cccnc1. The first-order chi connectivity index (χ1) is 14.6. The Kier molecular flexibility index (Phi) is 5.59. The molecule has 0 bridgehead atoms. The van der Waals surface area contributed by atoms with Gasteiger partial charge in [-0.05, 0) is 72.3 Å². The first-order valence-electron chi connectivity index (χ1n) is 11.3. The van der Waals surface area contributed by atoms with E-state index < -0.39 is 11.0 Å². The molecular formula is C26H35N3O2. The molecule has 5 nitrogen and oxygen atoms in total. The summed E-state index contributed by atoms with van der Waals surface area (Å²) >= 11 is 0. The minimum absolute atomic E-state index is 0.192. The number of rotatable bonds is 4. The molecule has 1 fully saturated rings. The van der Waals surface area contributed by atoms with Gasteiger partial charge in [0.05, 0.1) is 12.0 Å². The molecule has 0 saturated carbocycles. The quantitative estimate of drug-likeness (QED) is 0.680. The molecule has 2 aromatic rings. The van der Waals surface area contributed by atoms with Crippen molar-refractivity contribution < 1.29 is 9.53 Å². The number of hydrogen-bond donors (Lipinski definition) is 0. The number of anilines is 1. The molecule has 3 atom stereocenters. The van der Waals surface area contributed by atoms with E-state index in [9.17, 15) is 4.79 Å². The highest BCUT2D eigenvalue weighted by Gasteiger charge is 2.45. The highest BCUT2D eigenvalue weighted by Crippen LogP contribution is 2.46. The topological polar surface area (TPSA) is 45.7 Å². The van der Waals surface area contributed by atoms with E-state index in [1.165, 1.54) is 16.8 Å². The van der Waals surface area contributed by atoms with Crippen LogP contribution in [0.2, 0.25) is 0 Å². The first kappa shape index (κ1) is 21.8. The Morgan fingerprint density at radius 2 is 2.00 bits per heavy atom. The summed E-state index contributed by atoms with van der Waals surface area (Å²) in [6, 6.07) is 11.1. The number of pyridine rings is 1. The average molecular weight is 422 g/mol. The van der Waals surface area contributed by atoms with Gasteiger partial charge in [0.15, 0.2) is 5.60 Å². The van der Waals surface area contributed by atoms with E-state index in [-0.39, 0.29) is 5.97 Å². The van der Waals surface area contributed by atoms with Crippen LogP contribution in [0.15, 0.2) is 42.7 Å². The third kappa shape index (κ3) is 4.20. The smallest absolute Gasteiger partial charge is 0.312 e. The minimum atomic E-state index is -0.793. The molecule has 3 unspecified atom stereocenters. The lowest BCUT2D eigenvalue weighted by Gasteiger charge is -2.42. The molecule has 0 aliphatic carbocycles. The number of aryl methyl sites for hydroxylation is 1. The Labute approximate surface area is 186 Å². The summed E-state index contributed by atoms with van der Waals surface area (Å²) in [5, 5.41) is 0. The zero-order valence-electron chi connectivity index (χ0n) is 19.7. The maximum Gasteiger partial charge on any atom is 0.312 e. The van der Waals surface area contributed by atoms with Gasteiger partial charge in [-0.2, -0.15) is 0 Å². The number of nitrogens with zero attached hydrogens (tertiary/aromatic N) is 3. The third-order valence-electron chi connectivity index (χ3n) is 6.75. The van der Waals surface area contributed by atoms with Crippen LogP contribution in [-0.4, -0.2) is 48.6 Å². The minimum Gasteiger partial charge on any atom is -0.452 e. The number of ether oxygens (including phenoxy) is 1. The number of carbonyl (C=O) groups is 1. The van der Waals surface area contributed by atoms with E-state index >= 15 is 0 Å². The number of likely N-dealkylation sites (N-methyl/N-ethyl adjacent to an activating group) is 1. The van der Waals surface area contributed by atoms with Crippen LogP contribution < -0.4 is 4.90 Å². The summed E-state index contributed by atoms with van der Waals surface area (Å²) in [5.74, 6) is 0.284. The van der Waals surface area contributed by atoms with Crippen molar-refractivity contribution in [2.24, 2.45) is 5.41 Å². The maximum atomic E-state index is 13.0. The highest BCUT2D eigenvalue weighted by atomic mass is 16.6. The Morgan fingerprint density at radius 3 is 2.68 bits per heavy atom. The number of likely N-dealkylation sites (tertiary alicyclic amines) is 1. The van der Waals surface area contributed by atoms with Crippen LogP contribution in [-0.2, 0) is 15.1 Å². The van der Waals surface area contributed by atoms with Gasteiger partial charge in [-0.15, -0.1) is 0 Å². The Balaban J connectivity index is 1.73. The molecule has 31 heavy (non-hydrogen) atoms. The third-order valence-corrected chi connectivity index (χ3v) is 6.75. The fourth-order valence-electron chi connectivity index (χ4n) is 4.94. The summed E-state index contributed by atoms with van der Waals surface area (Å²) in [6.45, 7) is 12.7. The van der Waals surface area contributed by atoms with E-state index in [2.05, 4.69) is 47.0 Å². The van der Waals surface area contributed by atoms with Crippen molar-refractivity contribution in [3.63, 3.8) is 0 Å². The van der Waals surface area contributed by atoms with E-state index in [0.717, 1.165) is 25.1 Å². The summed E-state index contributed by atoms with van der Waals surface area (Å²) in [6.07, 6.45) is 4.69. The second-order valence-corrected chi connectivity index (χ2v) is 10.5. The van der Waals surface area contributed by atoms with Gasteiger partial charge >= 0.3 is 5.97 Å². The van der Waals surface area contributed by atoms with Crippen molar-refractivity contribution >= 4 is 11.7 Å². The van der Waals surface area contributed by atoms with Gasteiger partial charge in [0.1, 0.15) is 0 Å². The van der Waals surface area contributed by atoms with E-state index in [4.69, 9.17) is 4.74 Å². The van der Waals surface area contributed by atoms with Gasteiger partial charge in [0.2, 0.25) is 0 Å². The second-order valence-electron chi connectivity index (χ2n) is 10.5. The zero-order valence-corrected chi connectivity index (χ0v) is 19.7. The molecule has 0 spiro atoms. The molecule has 2 aliphatic rings. The standard InChI is InChI=1S/C26H35N3O2/c1-18-9-10-22-20(14-18)21-16-28(6)13-11-23(21)29(22)17-26(5,19-8-7-12-27-15-19)31-24(30)25(2,3)4/h7-10,12,14-15,21,23H,11,13,16-17H2,1-6H3. The number of aromatic nitrogens is 1. The predicted octanol–water partition coefficient (Wildman–Crippen LogP) is 4.50. The van der Waals surface area contributed by atoms with E-state index in [0.29, 0.717) is 18.5 Å². The lowest BCUT2D eigenvalue weighted by molar-refractivity contribution is -0.168. The van der Waals surface area contributed by atoms with Gasteiger partial charge < -0.3 is 14.5 Å². The molecule has 2 aliphatic heterocycles. The van der Waals surface area contributed by atoms with Crippen molar-refractivity contribution in [3.8, 4) is 0 Å². The largest absolute Gasteiger partial charge is 0.452 e. The van der Waals surface area contributed by atoms with Gasteiger partial charge in [-0.1, -0.05) is 23.8 Å². The van der Waals surface area contributed by atoms with Crippen LogP contribution in [0, 0.1) is 12.3 Å². The predicted molar refractivity (Wildman–Crippen MR) is 124 cm³/mol. The molecule has 1 aromatic carbocycles. The van der Waals surface area contributed by atoms with Gasteiger partial charge in [-0.25, -0.2) is 0 Å². The van der Waals surface area contributed by atoms with Crippen LogP contribution in [0.5, 0.6) is 0 Å². The first-order valence-corrected chi connectivity index (χ1v) is 11.3. The molecule has 1 aromatic heterocycles. The Hall–Kier alpha value is -2.40. The molecule has 3 heterocycles. The number of fused-ring (bicyclic) bond motifs is 3. The fourth-order valence-corrected chi connectivity index (χ4v) is 4.94. The van der Waals surface area contributed by atoms with Crippen LogP contribution >= 0.6 is 0 Å². The van der Waals surface area contributed by atoms with Crippen molar-refractivity contribution in [2.45, 2.75) is 58.6 Å². The summed E-state index contributed by atoms with van der Waals surface area (Å²) in [5.41, 5.74) is 3.56. The Bertz CT molecular complexity index is 953. The monoisotopic (exact) mass is 421 g/mol. The van der Waals surface area contributed by atoms with Crippen molar-refractivity contribution in [1.29, 1.82) is 0 Å².